The van der Waals surface area contributed by atoms with Crippen molar-refractivity contribution in [3.63, 3.8) is 0 Å². The summed E-state index contributed by atoms with van der Waals surface area (Å²) in [6.07, 6.45) is 0. The van der Waals surface area contributed by atoms with Crippen LogP contribution in [0.2, 0.25) is 0 Å². The molecular weight excluding hydrogens is 346 g/mol. The lowest BCUT2D eigenvalue weighted by Crippen LogP contribution is -2.13. The fourth-order valence-electron chi connectivity index (χ4n) is 2.20. The third-order valence-corrected chi connectivity index (χ3v) is 4.56. The standard InChI is InChI=1S/C20H17N3O2S/c1-14-7-9-16(10-8-14)20(25)21-18-11-12-19(23-22-18)26-13-17(24)15-5-3-2-4-6-15/h2-12H,13H2,1H3,(H,21,22,25). The van der Waals surface area contributed by atoms with Gasteiger partial charge in [0.25, 0.3) is 5.91 Å². The fraction of sp³-hybridized carbons (Fsp3) is 0.100. The van der Waals surface area contributed by atoms with Crippen molar-refractivity contribution in [2.45, 2.75) is 11.9 Å². The lowest BCUT2D eigenvalue weighted by Gasteiger charge is -2.05. The van der Waals surface area contributed by atoms with Crippen LogP contribution in [0.15, 0.2) is 71.8 Å². The first-order chi connectivity index (χ1) is 12.6. The van der Waals surface area contributed by atoms with E-state index < -0.39 is 0 Å². The number of anilines is 1. The Balaban J connectivity index is 1.55. The zero-order chi connectivity index (χ0) is 18.4. The van der Waals surface area contributed by atoms with Crippen molar-refractivity contribution in [3.05, 3.63) is 83.4 Å². The summed E-state index contributed by atoms with van der Waals surface area (Å²) in [7, 11) is 0. The van der Waals surface area contributed by atoms with E-state index in [0.717, 1.165) is 5.56 Å². The van der Waals surface area contributed by atoms with Gasteiger partial charge < -0.3 is 5.32 Å². The highest BCUT2D eigenvalue weighted by molar-refractivity contribution is 7.99. The van der Waals surface area contributed by atoms with Gasteiger partial charge in [-0.05, 0) is 31.2 Å². The number of carbonyl (C=O) groups excluding carboxylic acids is 2. The van der Waals surface area contributed by atoms with Crippen LogP contribution < -0.4 is 5.32 Å². The molecule has 130 valence electrons. The molecule has 0 fully saturated rings. The molecule has 0 atom stereocenters. The van der Waals surface area contributed by atoms with Crippen LogP contribution in [0.25, 0.3) is 0 Å². The van der Waals surface area contributed by atoms with Gasteiger partial charge >= 0.3 is 0 Å². The Kier molecular flexibility index (Phi) is 5.76. The molecule has 3 aromatic rings. The van der Waals surface area contributed by atoms with Gasteiger partial charge in [0.05, 0.1) is 5.75 Å². The van der Waals surface area contributed by atoms with Gasteiger partial charge in [-0.15, -0.1) is 10.2 Å². The van der Waals surface area contributed by atoms with Gasteiger partial charge in [-0.25, -0.2) is 0 Å². The third-order valence-electron chi connectivity index (χ3n) is 3.64. The Morgan fingerprint density at radius 1 is 0.885 bits per heavy atom. The average Bonchev–Trinajstić information content (AvgIpc) is 2.68. The summed E-state index contributed by atoms with van der Waals surface area (Å²) in [6, 6.07) is 19.8. The Hall–Kier alpha value is -2.99. The summed E-state index contributed by atoms with van der Waals surface area (Å²) in [5.41, 5.74) is 2.33. The second kappa shape index (κ2) is 8.40. The van der Waals surface area contributed by atoms with Crippen molar-refractivity contribution in [1.82, 2.24) is 10.2 Å². The van der Waals surface area contributed by atoms with Gasteiger partial charge in [0, 0.05) is 11.1 Å². The van der Waals surface area contributed by atoms with Gasteiger partial charge in [-0.2, -0.15) is 0 Å². The number of rotatable bonds is 6. The number of Topliss-reactive ketones (excluding diaryl/α,β-unsaturated/α-hetero) is 1. The molecule has 5 nitrogen and oxygen atoms in total. The molecule has 6 heteroatoms. The molecule has 0 aliphatic carbocycles. The molecule has 1 heterocycles. The molecule has 0 spiro atoms. The third kappa shape index (κ3) is 4.77. The number of thioether (sulfide) groups is 1. The SMILES string of the molecule is Cc1ccc(C(=O)Nc2ccc(SCC(=O)c3ccccc3)nn2)cc1. The molecule has 1 amide bonds. The summed E-state index contributed by atoms with van der Waals surface area (Å²) in [5.74, 6) is 0.454. The summed E-state index contributed by atoms with van der Waals surface area (Å²) in [6.45, 7) is 1.96. The number of aryl methyl sites for hydroxylation is 1. The zero-order valence-electron chi connectivity index (χ0n) is 14.2. The van der Waals surface area contributed by atoms with Crippen molar-refractivity contribution in [1.29, 1.82) is 0 Å². The summed E-state index contributed by atoms with van der Waals surface area (Å²) >= 11 is 1.31. The molecule has 26 heavy (non-hydrogen) atoms. The molecule has 1 aromatic heterocycles. The van der Waals surface area contributed by atoms with Crippen molar-refractivity contribution in [2.24, 2.45) is 0 Å². The van der Waals surface area contributed by atoms with E-state index in [2.05, 4.69) is 15.5 Å². The van der Waals surface area contributed by atoms with Crippen LogP contribution in [0.5, 0.6) is 0 Å². The Morgan fingerprint density at radius 3 is 2.27 bits per heavy atom. The Bertz CT molecular complexity index is 895. The number of ketones is 1. The molecular formula is C20H17N3O2S. The minimum absolute atomic E-state index is 0.0363. The van der Waals surface area contributed by atoms with Crippen molar-refractivity contribution >= 4 is 29.3 Å². The number of nitrogens with one attached hydrogen (secondary N) is 1. The summed E-state index contributed by atoms with van der Waals surface area (Å²) < 4.78 is 0. The topological polar surface area (TPSA) is 72.0 Å². The minimum atomic E-state index is -0.237. The van der Waals surface area contributed by atoms with E-state index in [1.807, 2.05) is 37.3 Å². The van der Waals surface area contributed by atoms with E-state index in [4.69, 9.17) is 0 Å². The number of nitrogens with zero attached hydrogens (tertiary/aromatic N) is 2. The normalized spacial score (nSPS) is 10.3. The van der Waals surface area contributed by atoms with Gasteiger partial charge in [0.2, 0.25) is 0 Å². The minimum Gasteiger partial charge on any atom is -0.305 e. The van der Waals surface area contributed by atoms with Crippen LogP contribution in [0.1, 0.15) is 26.3 Å². The van der Waals surface area contributed by atoms with Gasteiger partial charge in [0.15, 0.2) is 11.6 Å². The molecule has 0 unspecified atom stereocenters. The van der Waals surface area contributed by atoms with Gasteiger partial charge in [0.1, 0.15) is 5.03 Å². The molecule has 0 aliphatic heterocycles. The number of benzene rings is 2. The van der Waals surface area contributed by atoms with Crippen LogP contribution in [0.3, 0.4) is 0 Å². The quantitative estimate of drug-likeness (QED) is 0.529. The van der Waals surface area contributed by atoms with Crippen LogP contribution in [0, 0.1) is 6.92 Å². The number of hydrogen-bond donors (Lipinski definition) is 1. The van der Waals surface area contributed by atoms with Crippen molar-refractivity contribution in [2.75, 3.05) is 11.1 Å². The van der Waals surface area contributed by atoms with E-state index in [0.29, 0.717) is 22.0 Å². The maximum Gasteiger partial charge on any atom is 0.256 e. The maximum atomic E-state index is 12.2. The molecule has 0 radical (unpaired) electrons. The van der Waals surface area contributed by atoms with Crippen LogP contribution in [-0.4, -0.2) is 27.6 Å². The number of amides is 1. The molecule has 2 aromatic carbocycles. The van der Waals surface area contributed by atoms with Crippen LogP contribution >= 0.6 is 11.8 Å². The smallest absolute Gasteiger partial charge is 0.256 e. The van der Waals surface area contributed by atoms with Gasteiger partial charge in [-0.1, -0.05) is 59.8 Å². The monoisotopic (exact) mass is 363 g/mol. The first-order valence-corrected chi connectivity index (χ1v) is 9.03. The predicted octanol–water partition coefficient (Wildman–Crippen LogP) is 4.01. The van der Waals surface area contributed by atoms with E-state index in [9.17, 15) is 9.59 Å². The Labute approximate surface area is 155 Å². The molecule has 0 bridgehead atoms. The van der Waals surface area contributed by atoms with E-state index in [1.54, 1.807) is 36.4 Å². The number of carbonyl (C=O) groups is 2. The highest BCUT2D eigenvalue weighted by Crippen LogP contribution is 2.17. The molecule has 1 N–H and O–H groups in total. The first-order valence-electron chi connectivity index (χ1n) is 8.04. The largest absolute Gasteiger partial charge is 0.305 e. The lowest BCUT2D eigenvalue weighted by molar-refractivity contribution is 0.101. The summed E-state index contributed by atoms with van der Waals surface area (Å²) in [4.78, 5) is 24.2. The second-order valence-corrected chi connectivity index (χ2v) is 6.65. The highest BCUT2D eigenvalue weighted by atomic mass is 32.2. The number of hydrogen-bond acceptors (Lipinski definition) is 5. The lowest BCUT2D eigenvalue weighted by atomic mass is 10.1. The summed E-state index contributed by atoms with van der Waals surface area (Å²) in [5, 5.41) is 11.4. The Morgan fingerprint density at radius 2 is 1.62 bits per heavy atom. The van der Waals surface area contributed by atoms with Gasteiger partial charge in [-0.3, -0.25) is 9.59 Å². The molecule has 0 aliphatic rings. The fourth-order valence-corrected chi connectivity index (χ4v) is 2.91. The average molecular weight is 363 g/mol. The van der Waals surface area contributed by atoms with Crippen LogP contribution in [-0.2, 0) is 0 Å². The van der Waals surface area contributed by atoms with Crippen molar-refractivity contribution < 1.29 is 9.59 Å². The molecule has 0 saturated carbocycles. The van der Waals surface area contributed by atoms with Crippen LogP contribution in [0.4, 0.5) is 5.82 Å². The van der Waals surface area contributed by atoms with E-state index in [-0.39, 0.29) is 17.4 Å². The highest BCUT2D eigenvalue weighted by Gasteiger charge is 2.09. The predicted molar refractivity (Wildman–Crippen MR) is 103 cm³/mol. The van der Waals surface area contributed by atoms with E-state index >= 15 is 0 Å². The number of aromatic nitrogens is 2. The first kappa shape index (κ1) is 17.8. The van der Waals surface area contributed by atoms with Crippen molar-refractivity contribution in [3.8, 4) is 0 Å². The molecule has 0 saturated heterocycles. The van der Waals surface area contributed by atoms with E-state index in [1.165, 1.54) is 11.8 Å². The second-order valence-electron chi connectivity index (χ2n) is 5.65. The molecule has 3 rings (SSSR count). The maximum absolute atomic E-state index is 12.2. The zero-order valence-corrected chi connectivity index (χ0v) is 15.0.